The van der Waals surface area contributed by atoms with Crippen molar-refractivity contribution in [2.75, 3.05) is 26.3 Å². The average molecular weight is 330 g/mol. The molecule has 0 aromatic heterocycles. The van der Waals surface area contributed by atoms with Gasteiger partial charge in [-0.15, -0.1) is 0 Å². The Balaban J connectivity index is 1.42. The van der Waals surface area contributed by atoms with Crippen molar-refractivity contribution in [3.05, 3.63) is 35.9 Å². The molecule has 0 saturated carbocycles. The molecule has 1 aromatic rings. The monoisotopic (exact) mass is 330 g/mol. The molecule has 1 aromatic carbocycles. The Labute approximate surface area is 143 Å². The fourth-order valence-corrected chi connectivity index (χ4v) is 3.48. The normalized spacial score (nSPS) is 21.9. The summed E-state index contributed by atoms with van der Waals surface area (Å²) in [5.74, 6) is 0.532. The highest BCUT2D eigenvalue weighted by atomic mass is 16.5. The third-order valence-electron chi connectivity index (χ3n) is 4.99. The van der Waals surface area contributed by atoms with Crippen LogP contribution in [-0.4, -0.2) is 43.0 Å². The third kappa shape index (κ3) is 4.57. The molecule has 2 saturated heterocycles. The van der Waals surface area contributed by atoms with Gasteiger partial charge in [0, 0.05) is 39.3 Å². The average Bonchev–Trinajstić information content (AvgIpc) is 2.97. The highest BCUT2D eigenvalue weighted by Crippen LogP contribution is 2.21. The maximum absolute atomic E-state index is 12.3. The Morgan fingerprint density at radius 3 is 2.71 bits per heavy atom. The van der Waals surface area contributed by atoms with Gasteiger partial charge in [-0.2, -0.15) is 0 Å². The number of hydrogen-bond acceptors (Lipinski definition) is 3. The van der Waals surface area contributed by atoms with Gasteiger partial charge in [-0.1, -0.05) is 30.3 Å². The molecular weight excluding hydrogens is 304 g/mol. The largest absolute Gasteiger partial charge is 0.381 e. The van der Waals surface area contributed by atoms with E-state index in [1.165, 1.54) is 0 Å². The van der Waals surface area contributed by atoms with Crippen molar-refractivity contribution in [2.45, 2.75) is 32.2 Å². The number of ether oxygens (including phenoxy) is 1. The first-order chi connectivity index (χ1) is 11.7. The van der Waals surface area contributed by atoms with Gasteiger partial charge in [0.2, 0.25) is 11.8 Å². The summed E-state index contributed by atoms with van der Waals surface area (Å²) in [6.07, 6.45) is 3.50. The van der Waals surface area contributed by atoms with Gasteiger partial charge in [0.1, 0.15) is 0 Å². The minimum atomic E-state index is -0.212. The molecule has 2 heterocycles. The van der Waals surface area contributed by atoms with E-state index in [4.69, 9.17) is 4.74 Å². The number of rotatable bonds is 6. The smallest absolute Gasteiger partial charge is 0.225 e. The topological polar surface area (TPSA) is 58.6 Å². The minimum Gasteiger partial charge on any atom is -0.381 e. The van der Waals surface area contributed by atoms with Gasteiger partial charge < -0.3 is 15.0 Å². The summed E-state index contributed by atoms with van der Waals surface area (Å²) in [6, 6.07) is 9.92. The summed E-state index contributed by atoms with van der Waals surface area (Å²) in [7, 11) is 0. The van der Waals surface area contributed by atoms with Gasteiger partial charge in [-0.3, -0.25) is 9.59 Å². The van der Waals surface area contributed by atoms with Crippen LogP contribution in [-0.2, 0) is 20.9 Å². The molecule has 0 radical (unpaired) electrons. The first-order valence-electron chi connectivity index (χ1n) is 8.89. The molecule has 2 fully saturated rings. The number of likely N-dealkylation sites (tertiary alicyclic amines) is 1. The summed E-state index contributed by atoms with van der Waals surface area (Å²) < 4.78 is 5.35. The molecule has 1 unspecified atom stereocenters. The summed E-state index contributed by atoms with van der Waals surface area (Å²) in [5.41, 5.74) is 1.10. The number of nitrogens with zero attached hydrogens (tertiary/aromatic N) is 1. The Bertz CT molecular complexity index is 555. The molecule has 130 valence electrons. The van der Waals surface area contributed by atoms with Crippen LogP contribution in [0.25, 0.3) is 0 Å². The second-order valence-electron chi connectivity index (χ2n) is 6.80. The van der Waals surface area contributed by atoms with E-state index in [1.54, 1.807) is 4.90 Å². The van der Waals surface area contributed by atoms with E-state index in [0.717, 1.165) is 38.0 Å². The van der Waals surface area contributed by atoms with E-state index in [0.29, 0.717) is 32.0 Å². The lowest BCUT2D eigenvalue weighted by molar-refractivity contribution is -0.129. The van der Waals surface area contributed by atoms with Crippen LogP contribution < -0.4 is 5.32 Å². The maximum Gasteiger partial charge on any atom is 0.225 e. The van der Waals surface area contributed by atoms with Crippen molar-refractivity contribution >= 4 is 11.8 Å². The Kier molecular flexibility index (Phi) is 5.86. The standard InChI is InChI=1S/C19H26N2O3/c22-18-12-17(14-21(18)13-16-4-2-1-3-5-16)19(23)20-9-6-15-7-10-24-11-8-15/h1-5,15,17H,6-14H2,(H,20,23). The molecule has 2 aliphatic rings. The van der Waals surface area contributed by atoms with Crippen LogP contribution in [0.5, 0.6) is 0 Å². The first-order valence-corrected chi connectivity index (χ1v) is 8.89. The second-order valence-corrected chi connectivity index (χ2v) is 6.80. The van der Waals surface area contributed by atoms with Crippen LogP contribution in [0.3, 0.4) is 0 Å². The molecule has 5 nitrogen and oxygen atoms in total. The number of hydrogen-bond donors (Lipinski definition) is 1. The second kappa shape index (κ2) is 8.29. The number of benzene rings is 1. The van der Waals surface area contributed by atoms with Crippen LogP contribution in [0.2, 0.25) is 0 Å². The van der Waals surface area contributed by atoms with Crippen LogP contribution in [0, 0.1) is 11.8 Å². The maximum atomic E-state index is 12.3. The fourth-order valence-electron chi connectivity index (χ4n) is 3.48. The van der Waals surface area contributed by atoms with E-state index in [-0.39, 0.29) is 17.7 Å². The molecule has 5 heteroatoms. The van der Waals surface area contributed by atoms with Crippen molar-refractivity contribution in [2.24, 2.45) is 11.8 Å². The number of carbonyl (C=O) groups excluding carboxylic acids is 2. The van der Waals surface area contributed by atoms with E-state index in [1.807, 2.05) is 30.3 Å². The van der Waals surface area contributed by atoms with Crippen LogP contribution in [0.4, 0.5) is 0 Å². The Morgan fingerprint density at radius 1 is 1.21 bits per heavy atom. The molecular formula is C19H26N2O3. The van der Waals surface area contributed by atoms with Gasteiger partial charge in [-0.25, -0.2) is 0 Å². The van der Waals surface area contributed by atoms with Gasteiger partial charge in [-0.05, 0) is 30.7 Å². The van der Waals surface area contributed by atoms with Crippen LogP contribution in [0.15, 0.2) is 30.3 Å². The van der Waals surface area contributed by atoms with Crippen LogP contribution >= 0.6 is 0 Å². The fraction of sp³-hybridized carbons (Fsp3) is 0.579. The zero-order valence-electron chi connectivity index (χ0n) is 14.1. The molecule has 24 heavy (non-hydrogen) atoms. The van der Waals surface area contributed by atoms with Crippen molar-refractivity contribution in [1.82, 2.24) is 10.2 Å². The summed E-state index contributed by atoms with van der Waals surface area (Å²) in [6.45, 7) is 3.49. The van der Waals surface area contributed by atoms with E-state index < -0.39 is 0 Å². The molecule has 2 aliphatic heterocycles. The molecule has 0 aliphatic carbocycles. The molecule has 0 bridgehead atoms. The highest BCUT2D eigenvalue weighted by Gasteiger charge is 2.34. The number of amides is 2. The van der Waals surface area contributed by atoms with Gasteiger partial charge in [0.15, 0.2) is 0 Å². The van der Waals surface area contributed by atoms with Gasteiger partial charge in [0.05, 0.1) is 5.92 Å². The van der Waals surface area contributed by atoms with Gasteiger partial charge in [0.25, 0.3) is 0 Å². The molecule has 0 spiro atoms. The van der Waals surface area contributed by atoms with Gasteiger partial charge >= 0.3 is 0 Å². The predicted molar refractivity (Wildman–Crippen MR) is 91.1 cm³/mol. The lowest BCUT2D eigenvalue weighted by atomic mass is 9.96. The third-order valence-corrected chi connectivity index (χ3v) is 4.99. The van der Waals surface area contributed by atoms with Crippen molar-refractivity contribution < 1.29 is 14.3 Å². The zero-order chi connectivity index (χ0) is 16.8. The Morgan fingerprint density at radius 2 is 1.96 bits per heavy atom. The number of nitrogens with one attached hydrogen (secondary N) is 1. The predicted octanol–water partition coefficient (Wildman–Crippen LogP) is 1.97. The highest BCUT2D eigenvalue weighted by molar-refractivity contribution is 5.89. The van der Waals surface area contributed by atoms with E-state index in [2.05, 4.69) is 5.32 Å². The van der Waals surface area contributed by atoms with E-state index in [9.17, 15) is 9.59 Å². The minimum absolute atomic E-state index is 0.0194. The molecule has 1 N–H and O–H groups in total. The quantitative estimate of drug-likeness (QED) is 0.867. The SMILES string of the molecule is O=C(NCCC1CCOCC1)C1CC(=O)N(Cc2ccccc2)C1. The van der Waals surface area contributed by atoms with E-state index >= 15 is 0 Å². The molecule has 2 amide bonds. The van der Waals surface area contributed by atoms with Crippen molar-refractivity contribution in [3.63, 3.8) is 0 Å². The number of carbonyl (C=O) groups is 2. The van der Waals surface area contributed by atoms with Crippen LogP contribution in [0.1, 0.15) is 31.2 Å². The summed E-state index contributed by atoms with van der Waals surface area (Å²) in [4.78, 5) is 26.3. The van der Waals surface area contributed by atoms with Crippen molar-refractivity contribution in [1.29, 1.82) is 0 Å². The molecule has 1 atom stereocenters. The summed E-state index contributed by atoms with van der Waals surface area (Å²) in [5, 5.41) is 3.02. The first kappa shape index (κ1) is 17.0. The zero-order valence-corrected chi connectivity index (χ0v) is 14.1. The lowest BCUT2D eigenvalue weighted by Crippen LogP contribution is -2.34. The molecule has 3 rings (SSSR count). The Hall–Kier alpha value is -1.88. The summed E-state index contributed by atoms with van der Waals surface area (Å²) >= 11 is 0. The van der Waals surface area contributed by atoms with Crippen molar-refractivity contribution in [3.8, 4) is 0 Å². The lowest BCUT2D eigenvalue weighted by Gasteiger charge is -2.22.